The Morgan fingerprint density at radius 2 is 2.50 bits per heavy atom. The van der Waals surface area contributed by atoms with Crippen molar-refractivity contribution in [3.8, 4) is 6.07 Å². The van der Waals surface area contributed by atoms with Gasteiger partial charge in [-0.1, -0.05) is 18.5 Å². The average molecular weight is 249 g/mol. The zero-order valence-corrected chi connectivity index (χ0v) is 10.7. The largest absolute Gasteiger partial charge is 0.338 e. The van der Waals surface area contributed by atoms with Gasteiger partial charge < -0.3 is 9.84 Å². The molecule has 0 spiro atoms. The maximum Gasteiger partial charge on any atom is 0.240 e. The highest BCUT2D eigenvalue weighted by molar-refractivity contribution is 4.98. The second kappa shape index (κ2) is 6.47. The molecule has 1 aliphatic heterocycles. The molecule has 98 valence electrons. The Morgan fingerprint density at radius 1 is 1.61 bits per heavy atom. The fourth-order valence-electron chi connectivity index (χ4n) is 2.03. The Kier molecular flexibility index (Phi) is 4.67. The fraction of sp³-hybridized carbons (Fsp3) is 0.750. The molecule has 2 rings (SSSR count). The van der Waals surface area contributed by atoms with Crippen molar-refractivity contribution >= 4 is 0 Å². The Labute approximate surface area is 107 Å². The predicted octanol–water partition coefficient (Wildman–Crippen LogP) is 0.710. The number of unbranched alkanes of at least 4 members (excludes halogenated alkanes) is 1. The lowest BCUT2D eigenvalue weighted by Crippen LogP contribution is -2.50. The van der Waals surface area contributed by atoms with Crippen LogP contribution in [0.25, 0.3) is 0 Å². The maximum atomic E-state index is 9.06. The molecular formula is C12H19N5O. The van der Waals surface area contributed by atoms with Gasteiger partial charge in [0, 0.05) is 26.1 Å². The minimum Gasteiger partial charge on any atom is -0.338 e. The van der Waals surface area contributed by atoms with Gasteiger partial charge in [0.05, 0.1) is 12.6 Å². The lowest BCUT2D eigenvalue weighted by molar-refractivity contribution is 0.166. The predicted molar refractivity (Wildman–Crippen MR) is 65.6 cm³/mol. The van der Waals surface area contributed by atoms with Crippen LogP contribution < -0.4 is 5.32 Å². The van der Waals surface area contributed by atoms with Crippen LogP contribution in [0.5, 0.6) is 0 Å². The zero-order chi connectivity index (χ0) is 12.8. The first-order valence-corrected chi connectivity index (χ1v) is 6.49. The number of piperazine rings is 1. The van der Waals surface area contributed by atoms with Crippen LogP contribution in [-0.2, 0) is 13.0 Å². The number of nitrogens with one attached hydrogen (secondary N) is 1. The number of aryl methyl sites for hydroxylation is 1. The van der Waals surface area contributed by atoms with Crippen molar-refractivity contribution in [2.75, 3.05) is 19.6 Å². The number of nitriles is 1. The fourth-order valence-corrected chi connectivity index (χ4v) is 2.03. The summed E-state index contributed by atoms with van der Waals surface area (Å²) in [5, 5.41) is 16.2. The first-order chi connectivity index (χ1) is 8.83. The highest BCUT2D eigenvalue weighted by Gasteiger charge is 2.23. The van der Waals surface area contributed by atoms with E-state index >= 15 is 0 Å². The molecule has 0 aliphatic carbocycles. The summed E-state index contributed by atoms with van der Waals surface area (Å²) in [5.41, 5.74) is 0. The van der Waals surface area contributed by atoms with Gasteiger partial charge in [-0.15, -0.1) is 0 Å². The molecular weight excluding hydrogens is 230 g/mol. The van der Waals surface area contributed by atoms with Gasteiger partial charge in [-0.2, -0.15) is 10.2 Å². The Morgan fingerprint density at radius 3 is 3.28 bits per heavy atom. The number of aromatic nitrogens is 2. The van der Waals surface area contributed by atoms with E-state index in [1.165, 1.54) is 0 Å². The average Bonchev–Trinajstić information content (AvgIpc) is 2.84. The number of nitrogens with zero attached hydrogens (tertiary/aromatic N) is 4. The van der Waals surface area contributed by atoms with E-state index in [0.29, 0.717) is 19.0 Å². The first-order valence-electron chi connectivity index (χ1n) is 6.49. The molecule has 1 fully saturated rings. The van der Waals surface area contributed by atoms with E-state index in [1.54, 1.807) is 0 Å². The summed E-state index contributed by atoms with van der Waals surface area (Å²) < 4.78 is 5.22. The second-order valence-corrected chi connectivity index (χ2v) is 4.53. The Hall–Kier alpha value is -1.45. The van der Waals surface area contributed by atoms with Crippen molar-refractivity contribution in [3.05, 3.63) is 11.7 Å². The molecule has 1 aliphatic rings. The van der Waals surface area contributed by atoms with E-state index in [-0.39, 0.29) is 6.04 Å². The normalized spacial score (nSPS) is 20.8. The molecule has 1 aromatic rings. The highest BCUT2D eigenvalue weighted by Crippen LogP contribution is 2.09. The third kappa shape index (κ3) is 3.28. The van der Waals surface area contributed by atoms with E-state index in [4.69, 9.17) is 9.78 Å². The standard InChI is InChI=1S/C12H19N5O/c1-2-3-4-11-15-12(18-16-11)9-17-6-5-14-8-10(17)7-13/h10,14H,2-6,8-9H2,1H3. The number of hydrogen-bond donors (Lipinski definition) is 1. The van der Waals surface area contributed by atoms with Crippen LogP contribution >= 0.6 is 0 Å². The van der Waals surface area contributed by atoms with E-state index in [0.717, 1.165) is 38.2 Å². The minimum absolute atomic E-state index is 0.107. The molecule has 1 saturated heterocycles. The zero-order valence-electron chi connectivity index (χ0n) is 10.7. The SMILES string of the molecule is CCCCc1noc(CN2CCNCC2C#N)n1. The van der Waals surface area contributed by atoms with Crippen LogP contribution in [0.4, 0.5) is 0 Å². The molecule has 6 heteroatoms. The molecule has 18 heavy (non-hydrogen) atoms. The third-order valence-electron chi connectivity index (χ3n) is 3.11. The topological polar surface area (TPSA) is 78.0 Å². The molecule has 0 saturated carbocycles. The minimum atomic E-state index is -0.107. The summed E-state index contributed by atoms with van der Waals surface area (Å²) in [7, 11) is 0. The molecule has 0 bridgehead atoms. The third-order valence-corrected chi connectivity index (χ3v) is 3.11. The van der Waals surface area contributed by atoms with Gasteiger partial charge in [0.1, 0.15) is 6.04 Å². The van der Waals surface area contributed by atoms with Crippen LogP contribution in [0.15, 0.2) is 4.52 Å². The van der Waals surface area contributed by atoms with Gasteiger partial charge in [-0.05, 0) is 6.42 Å². The Balaban J connectivity index is 1.91. The molecule has 0 amide bonds. The number of rotatable bonds is 5. The molecule has 1 unspecified atom stereocenters. The molecule has 1 atom stereocenters. The number of hydrogen-bond acceptors (Lipinski definition) is 6. The second-order valence-electron chi connectivity index (χ2n) is 4.53. The lowest BCUT2D eigenvalue weighted by atomic mass is 10.2. The van der Waals surface area contributed by atoms with Gasteiger partial charge in [0.2, 0.25) is 5.89 Å². The van der Waals surface area contributed by atoms with Gasteiger partial charge in [-0.3, -0.25) is 4.90 Å². The van der Waals surface area contributed by atoms with Gasteiger partial charge in [0.25, 0.3) is 0 Å². The van der Waals surface area contributed by atoms with Crippen LogP contribution in [-0.4, -0.2) is 40.7 Å². The van der Waals surface area contributed by atoms with Crippen molar-refractivity contribution in [2.45, 2.75) is 38.8 Å². The van der Waals surface area contributed by atoms with E-state index < -0.39 is 0 Å². The van der Waals surface area contributed by atoms with E-state index in [1.807, 2.05) is 0 Å². The summed E-state index contributed by atoms with van der Waals surface area (Å²) >= 11 is 0. The van der Waals surface area contributed by atoms with Gasteiger partial charge in [0.15, 0.2) is 5.82 Å². The van der Waals surface area contributed by atoms with Crippen LogP contribution in [0, 0.1) is 11.3 Å². The smallest absolute Gasteiger partial charge is 0.240 e. The van der Waals surface area contributed by atoms with Crippen molar-refractivity contribution in [3.63, 3.8) is 0 Å². The molecule has 6 nitrogen and oxygen atoms in total. The first kappa shape index (κ1) is 13.0. The Bertz CT molecular complexity index is 411. The summed E-state index contributed by atoms with van der Waals surface area (Å²) in [6.07, 6.45) is 3.06. The molecule has 0 aromatic carbocycles. The van der Waals surface area contributed by atoms with Crippen molar-refractivity contribution in [1.82, 2.24) is 20.4 Å². The summed E-state index contributed by atoms with van der Waals surface area (Å²) in [6.45, 7) is 5.14. The summed E-state index contributed by atoms with van der Waals surface area (Å²) in [6, 6.07) is 2.18. The van der Waals surface area contributed by atoms with Crippen LogP contribution in [0.1, 0.15) is 31.5 Å². The van der Waals surface area contributed by atoms with Crippen molar-refractivity contribution in [1.29, 1.82) is 5.26 Å². The summed E-state index contributed by atoms with van der Waals surface area (Å²) in [4.78, 5) is 6.44. The van der Waals surface area contributed by atoms with E-state index in [2.05, 4.69) is 33.4 Å². The maximum absolute atomic E-state index is 9.06. The monoisotopic (exact) mass is 249 g/mol. The van der Waals surface area contributed by atoms with Gasteiger partial charge in [-0.25, -0.2) is 0 Å². The highest BCUT2D eigenvalue weighted by atomic mass is 16.5. The molecule has 1 N–H and O–H groups in total. The van der Waals surface area contributed by atoms with Gasteiger partial charge >= 0.3 is 0 Å². The lowest BCUT2D eigenvalue weighted by Gasteiger charge is -2.30. The molecule has 0 radical (unpaired) electrons. The van der Waals surface area contributed by atoms with Crippen molar-refractivity contribution in [2.24, 2.45) is 0 Å². The molecule has 1 aromatic heterocycles. The quantitative estimate of drug-likeness (QED) is 0.828. The van der Waals surface area contributed by atoms with Crippen molar-refractivity contribution < 1.29 is 4.52 Å². The summed E-state index contributed by atoms with van der Waals surface area (Å²) in [5.74, 6) is 1.39. The van der Waals surface area contributed by atoms with Crippen LogP contribution in [0.3, 0.4) is 0 Å². The van der Waals surface area contributed by atoms with E-state index in [9.17, 15) is 0 Å². The molecule has 2 heterocycles. The van der Waals surface area contributed by atoms with Crippen LogP contribution in [0.2, 0.25) is 0 Å².